The molecule has 1 nitrogen and oxygen atoms in total. The van der Waals surface area contributed by atoms with E-state index in [-0.39, 0.29) is 5.41 Å². The first kappa shape index (κ1) is 19.4. The normalized spacial score (nSPS) is 14.2. The molecule has 7 aromatic rings. The molecule has 35 heavy (non-hydrogen) atoms. The average Bonchev–Trinajstić information content (AvgIpc) is 3.51. The highest BCUT2D eigenvalue weighted by molar-refractivity contribution is 7.27. The Hall–Kier alpha value is -3.88. The summed E-state index contributed by atoms with van der Waals surface area (Å²) in [5.41, 5.74) is 9.41. The largest absolute Gasteiger partial charge is 0.309 e. The Bertz CT molecular complexity index is 1970. The van der Waals surface area contributed by atoms with Crippen LogP contribution < -0.4 is 0 Å². The van der Waals surface area contributed by atoms with Crippen molar-refractivity contribution in [3.05, 3.63) is 114 Å². The standard InChI is InChI=1S/C33H23NS/c1-33(2)24-17-9-6-14-21(24)27-28-23-16-8-11-19-26(23)35-32(28)29-22-15-7-10-18-25(22)34(31(29)30(27)33)20-12-4-3-5-13-20/h3-19H,1-2H3. The molecule has 0 radical (unpaired) electrons. The molecule has 166 valence electrons. The number of para-hydroxylation sites is 2. The average molecular weight is 466 g/mol. The molecule has 1 aliphatic rings. The van der Waals surface area contributed by atoms with Gasteiger partial charge in [0.05, 0.1) is 11.0 Å². The highest BCUT2D eigenvalue weighted by Gasteiger charge is 2.40. The summed E-state index contributed by atoms with van der Waals surface area (Å²) in [6, 6.07) is 37.8. The van der Waals surface area contributed by atoms with Crippen molar-refractivity contribution in [1.82, 2.24) is 4.57 Å². The summed E-state index contributed by atoms with van der Waals surface area (Å²) >= 11 is 1.94. The summed E-state index contributed by atoms with van der Waals surface area (Å²) in [5, 5.41) is 5.51. The van der Waals surface area contributed by atoms with E-state index in [9.17, 15) is 0 Å². The minimum atomic E-state index is -0.109. The first-order valence-electron chi connectivity index (χ1n) is 12.2. The van der Waals surface area contributed by atoms with E-state index >= 15 is 0 Å². The summed E-state index contributed by atoms with van der Waals surface area (Å²) in [7, 11) is 0. The Kier molecular flexibility index (Phi) is 3.67. The van der Waals surface area contributed by atoms with Crippen LogP contribution in [0.15, 0.2) is 103 Å². The van der Waals surface area contributed by atoms with Gasteiger partial charge in [0.15, 0.2) is 0 Å². The van der Waals surface area contributed by atoms with E-state index in [1.165, 1.54) is 69.9 Å². The van der Waals surface area contributed by atoms with Crippen molar-refractivity contribution in [1.29, 1.82) is 0 Å². The fraction of sp³-hybridized carbons (Fsp3) is 0.0909. The highest BCUT2D eigenvalue weighted by Crippen LogP contribution is 2.58. The van der Waals surface area contributed by atoms with Gasteiger partial charge in [-0.05, 0) is 46.5 Å². The van der Waals surface area contributed by atoms with Crippen LogP contribution in [0.3, 0.4) is 0 Å². The van der Waals surface area contributed by atoms with Gasteiger partial charge in [0, 0.05) is 42.0 Å². The van der Waals surface area contributed by atoms with Crippen LogP contribution in [0, 0.1) is 0 Å². The summed E-state index contributed by atoms with van der Waals surface area (Å²) in [6.45, 7) is 4.81. The minimum absolute atomic E-state index is 0.109. The zero-order valence-electron chi connectivity index (χ0n) is 19.7. The van der Waals surface area contributed by atoms with Crippen LogP contribution in [0.25, 0.3) is 58.8 Å². The molecule has 0 fully saturated rings. The van der Waals surface area contributed by atoms with E-state index in [1.54, 1.807) is 0 Å². The molecule has 0 atom stereocenters. The molecule has 8 rings (SSSR count). The van der Waals surface area contributed by atoms with Gasteiger partial charge < -0.3 is 4.57 Å². The first-order chi connectivity index (χ1) is 17.2. The quantitative estimate of drug-likeness (QED) is 0.227. The van der Waals surface area contributed by atoms with E-state index in [4.69, 9.17) is 0 Å². The van der Waals surface area contributed by atoms with Gasteiger partial charge in [-0.15, -0.1) is 11.3 Å². The Balaban J connectivity index is 1.76. The van der Waals surface area contributed by atoms with Gasteiger partial charge in [0.2, 0.25) is 0 Å². The van der Waals surface area contributed by atoms with Crippen LogP contribution in [0.5, 0.6) is 0 Å². The van der Waals surface area contributed by atoms with Crippen molar-refractivity contribution >= 4 is 53.3 Å². The van der Waals surface area contributed by atoms with Crippen LogP contribution in [0.1, 0.15) is 25.0 Å². The van der Waals surface area contributed by atoms with Crippen molar-refractivity contribution in [3.63, 3.8) is 0 Å². The fourth-order valence-electron chi connectivity index (χ4n) is 6.52. The van der Waals surface area contributed by atoms with Gasteiger partial charge in [0.25, 0.3) is 0 Å². The lowest BCUT2D eigenvalue weighted by Gasteiger charge is -2.24. The molecule has 5 aromatic carbocycles. The highest BCUT2D eigenvalue weighted by atomic mass is 32.1. The molecule has 0 bridgehead atoms. The van der Waals surface area contributed by atoms with E-state index in [1.807, 2.05) is 11.3 Å². The molecule has 0 N–H and O–H groups in total. The Labute approximate surface area is 207 Å². The Morgan fingerprint density at radius 3 is 2.20 bits per heavy atom. The van der Waals surface area contributed by atoms with Gasteiger partial charge in [-0.3, -0.25) is 0 Å². The second kappa shape index (κ2) is 6.62. The van der Waals surface area contributed by atoms with Crippen molar-refractivity contribution < 1.29 is 0 Å². The first-order valence-corrected chi connectivity index (χ1v) is 13.0. The van der Waals surface area contributed by atoms with Crippen LogP contribution in [0.4, 0.5) is 0 Å². The van der Waals surface area contributed by atoms with Crippen molar-refractivity contribution in [3.8, 4) is 16.8 Å². The second-order valence-electron chi connectivity index (χ2n) is 10.1. The molecule has 0 spiro atoms. The van der Waals surface area contributed by atoms with E-state index in [0.29, 0.717) is 0 Å². The SMILES string of the molecule is CC1(C)c2ccccc2-c2c1c1c(c3ccccc3n1-c1ccccc1)c1sc3ccccc3c21. The maximum atomic E-state index is 2.51. The topological polar surface area (TPSA) is 4.93 Å². The molecule has 0 aliphatic heterocycles. The Morgan fingerprint density at radius 1 is 0.657 bits per heavy atom. The van der Waals surface area contributed by atoms with Gasteiger partial charge in [-0.2, -0.15) is 0 Å². The third-order valence-electron chi connectivity index (χ3n) is 7.94. The minimum Gasteiger partial charge on any atom is -0.309 e. The van der Waals surface area contributed by atoms with Crippen LogP contribution >= 0.6 is 11.3 Å². The molecule has 0 unspecified atom stereocenters. The summed E-state index contributed by atoms with van der Waals surface area (Å²) in [6.07, 6.45) is 0. The third kappa shape index (κ3) is 2.33. The number of hydrogen-bond donors (Lipinski definition) is 0. The van der Waals surface area contributed by atoms with E-state index < -0.39 is 0 Å². The second-order valence-corrected chi connectivity index (χ2v) is 11.2. The van der Waals surface area contributed by atoms with E-state index in [2.05, 4.69) is 122 Å². The van der Waals surface area contributed by atoms with Crippen molar-refractivity contribution in [2.75, 3.05) is 0 Å². The van der Waals surface area contributed by atoms with E-state index in [0.717, 1.165) is 0 Å². The number of rotatable bonds is 1. The lowest BCUT2D eigenvalue weighted by Crippen LogP contribution is -2.16. The lowest BCUT2D eigenvalue weighted by atomic mass is 9.81. The summed E-state index contributed by atoms with van der Waals surface area (Å²) in [4.78, 5) is 0. The molecule has 2 heterocycles. The fourth-order valence-corrected chi connectivity index (χ4v) is 7.79. The number of fused-ring (bicyclic) bond motifs is 12. The number of aromatic nitrogens is 1. The van der Waals surface area contributed by atoms with Crippen LogP contribution in [-0.2, 0) is 5.41 Å². The number of nitrogens with zero attached hydrogens (tertiary/aromatic N) is 1. The summed E-state index contributed by atoms with van der Waals surface area (Å²) < 4.78 is 5.27. The van der Waals surface area contributed by atoms with Crippen molar-refractivity contribution in [2.45, 2.75) is 19.3 Å². The van der Waals surface area contributed by atoms with Crippen LogP contribution in [0.2, 0.25) is 0 Å². The molecule has 2 aromatic heterocycles. The predicted molar refractivity (Wildman–Crippen MR) is 151 cm³/mol. The zero-order chi connectivity index (χ0) is 23.3. The number of benzene rings is 5. The van der Waals surface area contributed by atoms with Gasteiger partial charge >= 0.3 is 0 Å². The number of hydrogen-bond acceptors (Lipinski definition) is 1. The van der Waals surface area contributed by atoms with Gasteiger partial charge in [-0.1, -0.05) is 92.7 Å². The predicted octanol–water partition coefficient (Wildman–Crippen LogP) is 9.46. The smallest absolute Gasteiger partial charge is 0.0602 e. The zero-order valence-corrected chi connectivity index (χ0v) is 20.5. The monoisotopic (exact) mass is 465 g/mol. The third-order valence-corrected chi connectivity index (χ3v) is 9.13. The van der Waals surface area contributed by atoms with Gasteiger partial charge in [-0.25, -0.2) is 0 Å². The molecule has 0 saturated carbocycles. The molecule has 2 heteroatoms. The summed E-state index contributed by atoms with van der Waals surface area (Å²) in [5.74, 6) is 0. The van der Waals surface area contributed by atoms with Gasteiger partial charge in [0.1, 0.15) is 0 Å². The maximum Gasteiger partial charge on any atom is 0.0602 e. The molecule has 1 aliphatic carbocycles. The molecule has 0 saturated heterocycles. The maximum absolute atomic E-state index is 2.51. The lowest BCUT2D eigenvalue weighted by molar-refractivity contribution is 0.664. The molecular weight excluding hydrogens is 442 g/mol. The van der Waals surface area contributed by atoms with Crippen LogP contribution in [-0.4, -0.2) is 4.57 Å². The molecule has 0 amide bonds. The molecular formula is C33H23NS. The Morgan fingerprint density at radius 2 is 1.34 bits per heavy atom. The van der Waals surface area contributed by atoms with Crippen molar-refractivity contribution in [2.24, 2.45) is 0 Å². The number of thiophene rings is 1.